The van der Waals surface area contributed by atoms with Gasteiger partial charge in [-0.2, -0.15) is 0 Å². The Hall–Kier alpha value is -1.42. The first kappa shape index (κ1) is 9.15. The highest BCUT2D eigenvalue weighted by molar-refractivity contribution is 6.31. The molecule has 1 aromatic heterocycles. The first-order valence-electron chi connectivity index (χ1n) is 3.82. The monoisotopic (exact) mass is 214 g/mol. The van der Waals surface area contributed by atoms with Gasteiger partial charge < -0.3 is 4.57 Å². The van der Waals surface area contributed by atoms with Crippen molar-refractivity contribution in [3.05, 3.63) is 47.5 Å². The molecule has 0 radical (unpaired) electrons. The molecule has 0 aliphatic rings. The normalized spacial score (nSPS) is 10.5. The number of nitrogens with zero attached hydrogens (tertiary/aromatic N) is 2. The lowest BCUT2D eigenvalue weighted by Gasteiger charge is -2.05. The van der Waals surface area contributed by atoms with Crippen LogP contribution >= 0.6 is 11.6 Å². The quantitative estimate of drug-likeness (QED) is 0.668. The van der Waals surface area contributed by atoms with Gasteiger partial charge >= 0.3 is 0 Å². The topological polar surface area (TPSA) is 17.8 Å². The fourth-order valence-corrected chi connectivity index (χ4v) is 1.28. The zero-order chi connectivity index (χ0) is 10.1. The molecule has 0 amide bonds. The van der Waals surface area contributed by atoms with E-state index in [9.17, 15) is 8.78 Å². The molecule has 5 heteroatoms. The van der Waals surface area contributed by atoms with Crippen LogP contribution in [0.5, 0.6) is 0 Å². The summed E-state index contributed by atoms with van der Waals surface area (Å²) in [4.78, 5) is 3.75. The van der Waals surface area contributed by atoms with Crippen molar-refractivity contribution >= 4 is 11.6 Å². The fraction of sp³-hybridized carbons (Fsp3) is 0. The van der Waals surface area contributed by atoms with Crippen molar-refractivity contribution in [3.63, 3.8) is 0 Å². The summed E-state index contributed by atoms with van der Waals surface area (Å²) >= 11 is 5.42. The average Bonchev–Trinajstić information content (AvgIpc) is 2.67. The predicted octanol–water partition coefficient (Wildman–Crippen LogP) is 2.80. The average molecular weight is 215 g/mol. The van der Waals surface area contributed by atoms with Crippen LogP contribution in [0.25, 0.3) is 5.69 Å². The first-order valence-corrected chi connectivity index (χ1v) is 4.20. The molecule has 2 aromatic rings. The Morgan fingerprint density at radius 3 is 2.71 bits per heavy atom. The smallest absolute Gasteiger partial charge is 0.168 e. The molecule has 1 heterocycles. The highest BCUT2D eigenvalue weighted by atomic mass is 35.5. The summed E-state index contributed by atoms with van der Waals surface area (Å²) in [6.45, 7) is 0. The lowest BCUT2D eigenvalue weighted by atomic mass is 10.3. The van der Waals surface area contributed by atoms with E-state index in [4.69, 9.17) is 11.6 Å². The number of halogens is 3. The molecule has 0 saturated carbocycles. The molecule has 0 aliphatic carbocycles. The van der Waals surface area contributed by atoms with Gasteiger partial charge in [0.05, 0.1) is 12.0 Å². The summed E-state index contributed by atoms with van der Waals surface area (Å²) in [6, 6.07) is 2.42. The van der Waals surface area contributed by atoms with Crippen molar-refractivity contribution in [2.24, 2.45) is 0 Å². The van der Waals surface area contributed by atoms with Crippen molar-refractivity contribution in [3.8, 4) is 5.69 Å². The van der Waals surface area contributed by atoms with Crippen LogP contribution in [-0.4, -0.2) is 9.55 Å². The molecule has 14 heavy (non-hydrogen) atoms. The molecule has 72 valence electrons. The summed E-state index contributed by atoms with van der Waals surface area (Å²) in [5, 5.41) is -0.504. The van der Waals surface area contributed by atoms with Gasteiger partial charge in [-0.15, -0.1) is 0 Å². The van der Waals surface area contributed by atoms with Gasteiger partial charge in [0.2, 0.25) is 0 Å². The first-order chi connectivity index (χ1) is 6.70. The lowest BCUT2D eigenvalue weighted by molar-refractivity contribution is 0.578. The van der Waals surface area contributed by atoms with Gasteiger partial charge in [-0.05, 0) is 12.1 Å². The highest BCUT2D eigenvalue weighted by Gasteiger charge is 2.12. The van der Waals surface area contributed by atoms with E-state index in [0.29, 0.717) is 0 Å². The Morgan fingerprint density at radius 2 is 2.07 bits per heavy atom. The molecule has 0 atom stereocenters. The Kier molecular flexibility index (Phi) is 2.21. The molecule has 1 aromatic carbocycles. The van der Waals surface area contributed by atoms with Crippen LogP contribution in [-0.2, 0) is 0 Å². The molecule has 0 fully saturated rings. The van der Waals surface area contributed by atoms with Gasteiger partial charge in [-0.25, -0.2) is 13.8 Å². The lowest BCUT2D eigenvalue weighted by Crippen LogP contribution is -1.96. The summed E-state index contributed by atoms with van der Waals surface area (Å²) in [7, 11) is 0. The third kappa shape index (κ3) is 1.37. The molecule has 0 bridgehead atoms. The zero-order valence-corrected chi connectivity index (χ0v) is 7.67. The second-order valence-electron chi connectivity index (χ2n) is 2.66. The SMILES string of the molecule is Fc1ccc(-n2ccnc2)c(F)c1Cl. The number of benzene rings is 1. The number of hydrogen-bond acceptors (Lipinski definition) is 1. The van der Waals surface area contributed by atoms with Crippen LogP contribution in [0.4, 0.5) is 8.78 Å². The third-order valence-corrected chi connectivity index (χ3v) is 2.14. The van der Waals surface area contributed by atoms with E-state index in [1.807, 2.05) is 0 Å². The molecular formula is C9H5ClF2N2. The maximum absolute atomic E-state index is 13.4. The van der Waals surface area contributed by atoms with Crippen LogP contribution < -0.4 is 0 Å². The van der Waals surface area contributed by atoms with E-state index in [1.165, 1.54) is 23.2 Å². The molecule has 0 aliphatic heterocycles. The molecule has 0 spiro atoms. The Bertz CT molecular complexity index is 454. The maximum atomic E-state index is 13.4. The maximum Gasteiger partial charge on any atom is 0.168 e. The summed E-state index contributed by atoms with van der Waals surface area (Å²) in [5.74, 6) is -1.56. The van der Waals surface area contributed by atoms with Crippen LogP contribution in [0.15, 0.2) is 30.9 Å². The second-order valence-corrected chi connectivity index (χ2v) is 3.04. The van der Waals surface area contributed by atoms with Crippen molar-refractivity contribution in [1.82, 2.24) is 9.55 Å². The molecule has 0 unspecified atom stereocenters. The van der Waals surface area contributed by atoms with E-state index in [-0.39, 0.29) is 5.69 Å². The molecule has 0 saturated heterocycles. The zero-order valence-electron chi connectivity index (χ0n) is 6.92. The minimum atomic E-state index is -0.787. The van der Waals surface area contributed by atoms with Gasteiger partial charge in [-0.3, -0.25) is 0 Å². The highest BCUT2D eigenvalue weighted by Crippen LogP contribution is 2.24. The van der Waals surface area contributed by atoms with Crippen molar-refractivity contribution < 1.29 is 8.78 Å². The standard InChI is InChI=1S/C9H5ClF2N2/c10-8-6(11)1-2-7(9(8)12)14-4-3-13-5-14/h1-5H. The molecular weight excluding hydrogens is 210 g/mol. The van der Waals surface area contributed by atoms with Gasteiger partial charge in [0, 0.05) is 12.4 Å². The van der Waals surface area contributed by atoms with Gasteiger partial charge in [0.25, 0.3) is 0 Å². The van der Waals surface area contributed by atoms with Crippen LogP contribution in [0.3, 0.4) is 0 Å². The van der Waals surface area contributed by atoms with Crippen LogP contribution in [0.1, 0.15) is 0 Å². The van der Waals surface area contributed by atoms with Crippen molar-refractivity contribution in [1.29, 1.82) is 0 Å². The number of rotatable bonds is 1. The van der Waals surface area contributed by atoms with E-state index >= 15 is 0 Å². The summed E-state index contributed by atoms with van der Waals surface area (Å²) in [5.41, 5.74) is 0.175. The molecule has 2 nitrogen and oxygen atoms in total. The third-order valence-electron chi connectivity index (χ3n) is 1.80. The Labute approximate surface area is 83.8 Å². The van der Waals surface area contributed by atoms with E-state index in [0.717, 1.165) is 6.07 Å². The van der Waals surface area contributed by atoms with E-state index in [2.05, 4.69) is 4.98 Å². The van der Waals surface area contributed by atoms with Crippen molar-refractivity contribution in [2.75, 3.05) is 0 Å². The van der Waals surface area contributed by atoms with Crippen LogP contribution in [0.2, 0.25) is 5.02 Å². The molecule has 0 N–H and O–H groups in total. The number of hydrogen-bond donors (Lipinski definition) is 0. The largest absolute Gasteiger partial charge is 0.303 e. The predicted molar refractivity (Wildman–Crippen MR) is 48.5 cm³/mol. The van der Waals surface area contributed by atoms with Crippen molar-refractivity contribution in [2.45, 2.75) is 0 Å². The number of aromatic nitrogens is 2. The Morgan fingerprint density at radius 1 is 1.29 bits per heavy atom. The summed E-state index contributed by atoms with van der Waals surface area (Å²) < 4.78 is 27.6. The summed E-state index contributed by atoms with van der Waals surface area (Å²) in [6.07, 6.45) is 4.45. The van der Waals surface area contributed by atoms with E-state index in [1.54, 1.807) is 6.20 Å². The minimum Gasteiger partial charge on any atom is -0.303 e. The fourth-order valence-electron chi connectivity index (χ4n) is 1.12. The van der Waals surface area contributed by atoms with Crippen LogP contribution in [0, 0.1) is 11.6 Å². The second kappa shape index (κ2) is 3.38. The molecule has 2 rings (SSSR count). The number of imidazole rings is 1. The van der Waals surface area contributed by atoms with Gasteiger partial charge in [0.15, 0.2) is 5.82 Å². The minimum absolute atomic E-state index is 0.175. The van der Waals surface area contributed by atoms with Gasteiger partial charge in [0.1, 0.15) is 10.8 Å². The Balaban J connectivity index is 2.61. The van der Waals surface area contributed by atoms with E-state index < -0.39 is 16.7 Å². The van der Waals surface area contributed by atoms with Gasteiger partial charge in [-0.1, -0.05) is 11.6 Å².